The van der Waals surface area contributed by atoms with E-state index in [2.05, 4.69) is 75.2 Å². The van der Waals surface area contributed by atoms with Crippen LogP contribution in [0.15, 0.2) is 64.1 Å². The number of carbonyl (C=O) groups is 1. The Balaban J connectivity index is 1.61. The van der Waals surface area contributed by atoms with E-state index in [1.807, 2.05) is 6.07 Å². The number of thiazole rings is 1. The molecule has 0 aliphatic heterocycles. The first-order chi connectivity index (χ1) is 13.7. The first-order valence-electron chi connectivity index (χ1n) is 9.93. The van der Waals surface area contributed by atoms with Crippen molar-refractivity contribution in [1.82, 2.24) is 4.98 Å². The number of benzene rings is 1. The van der Waals surface area contributed by atoms with Gasteiger partial charge in [0.15, 0.2) is 4.34 Å². The van der Waals surface area contributed by atoms with Crippen molar-refractivity contribution >= 4 is 39.3 Å². The van der Waals surface area contributed by atoms with Crippen LogP contribution in [-0.2, 0) is 9.53 Å². The van der Waals surface area contributed by atoms with Gasteiger partial charge in [0.25, 0.3) is 0 Å². The predicted octanol–water partition coefficient (Wildman–Crippen LogP) is 6.82. The second-order valence-electron chi connectivity index (χ2n) is 8.29. The van der Waals surface area contributed by atoms with Crippen molar-refractivity contribution in [3.8, 4) is 0 Å². The molecule has 29 heavy (non-hydrogen) atoms. The molecule has 5 heteroatoms. The van der Waals surface area contributed by atoms with Crippen molar-refractivity contribution in [2.75, 3.05) is 5.75 Å². The largest absolute Gasteiger partial charge is 0.458 e. The number of rotatable bonds is 6. The van der Waals surface area contributed by atoms with Crippen LogP contribution >= 0.6 is 23.1 Å². The molecule has 1 aromatic heterocycles. The minimum atomic E-state index is -0.215. The number of ether oxygens (including phenoxy) is 1. The van der Waals surface area contributed by atoms with E-state index >= 15 is 0 Å². The van der Waals surface area contributed by atoms with E-state index in [1.165, 1.54) is 22.8 Å². The van der Waals surface area contributed by atoms with Crippen LogP contribution in [0, 0.1) is 11.3 Å². The van der Waals surface area contributed by atoms with Crippen molar-refractivity contribution in [2.24, 2.45) is 11.3 Å². The molecule has 0 N–H and O–H groups in total. The maximum absolute atomic E-state index is 11.3. The molecule has 0 saturated heterocycles. The normalized spacial score (nSPS) is 22.1. The molecule has 0 spiro atoms. The molecule has 1 aliphatic rings. The molecule has 0 saturated carbocycles. The van der Waals surface area contributed by atoms with Gasteiger partial charge in [-0.05, 0) is 43.9 Å². The molecule has 3 nitrogen and oxygen atoms in total. The first kappa shape index (κ1) is 21.8. The van der Waals surface area contributed by atoms with Crippen LogP contribution in [0.2, 0.25) is 0 Å². The third-order valence-electron chi connectivity index (χ3n) is 5.26. The fourth-order valence-corrected chi connectivity index (χ4v) is 5.95. The fourth-order valence-electron chi connectivity index (χ4n) is 3.89. The molecule has 0 amide bonds. The van der Waals surface area contributed by atoms with Crippen molar-refractivity contribution in [2.45, 2.75) is 51.5 Å². The molecule has 0 unspecified atom stereocenters. The van der Waals surface area contributed by atoms with Gasteiger partial charge >= 0.3 is 5.97 Å². The molecular formula is C24H29NO2S2. The zero-order valence-electron chi connectivity index (χ0n) is 17.8. The highest BCUT2D eigenvalue weighted by Crippen LogP contribution is 2.42. The number of carbonyl (C=O) groups excluding carboxylic acids is 1. The van der Waals surface area contributed by atoms with Gasteiger partial charge in [0, 0.05) is 18.6 Å². The standard InChI is InChI=1S/C24H29NO2S2/c1-16(12-13-28-23-25-21-8-6-7-9-22(21)29-23)10-11-20-17(2)14-19(27-18(3)26)15-24(20,4)5/h6-12,14,19-20H,13,15H2,1-5H3/t19-,20+/m1/s1. The molecule has 3 rings (SSSR count). The zero-order valence-corrected chi connectivity index (χ0v) is 19.4. The molecular weight excluding hydrogens is 398 g/mol. The minimum Gasteiger partial charge on any atom is -0.458 e. The van der Waals surface area contributed by atoms with Gasteiger partial charge in [0.05, 0.1) is 10.2 Å². The summed E-state index contributed by atoms with van der Waals surface area (Å²) in [6, 6.07) is 8.27. The van der Waals surface area contributed by atoms with Crippen molar-refractivity contribution in [3.63, 3.8) is 0 Å². The van der Waals surface area contributed by atoms with E-state index in [1.54, 1.807) is 23.1 Å². The van der Waals surface area contributed by atoms with Gasteiger partial charge in [-0.2, -0.15) is 0 Å². The Morgan fingerprint density at radius 1 is 1.34 bits per heavy atom. The molecule has 0 radical (unpaired) electrons. The van der Waals surface area contributed by atoms with Crippen molar-refractivity contribution < 1.29 is 9.53 Å². The molecule has 1 heterocycles. The van der Waals surface area contributed by atoms with Gasteiger partial charge in [-0.1, -0.05) is 67.1 Å². The number of hydrogen-bond donors (Lipinski definition) is 0. The maximum atomic E-state index is 11.3. The summed E-state index contributed by atoms with van der Waals surface area (Å²) in [4.78, 5) is 16.0. The monoisotopic (exact) mass is 427 g/mol. The first-order valence-corrected chi connectivity index (χ1v) is 11.7. The van der Waals surface area contributed by atoms with Crippen LogP contribution in [0.25, 0.3) is 10.2 Å². The number of allylic oxidation sites excluding steroid dienone is 4. The molecule has 0 bridgehead atoms. The smallest absolute Gasteiger partial charge is 0.303 e. The van der Waals surface area contributed by atoms with Crippen LogP contribution in [0.5, 0.6) is 0 Å². The highest BCUT2D eigenvalue weighted by Gasteiger charge is 2.36. The number of esters is 1. The van der Waals surface area contributed by atoms with E-state index < -0.39 is 0 Å². The highest BCUT2D eigenvalue weighted by molar-refractivity contribution is 8.01. The summed E-state index contributed by atoms with van der Waals surface area (Å²) in [5.74, 6) is 1.04. The quantitative estimate of drug-likeness (QED) is 0.220. The summed E-state index contributed by atoms with van der Waals surface area (Å²) in [5, 5.41) is 0. The van der Waals surface area contributed by atoms with Gasteiger partial charge in [-0.25, -0.2) is 4.98 Å². The highest BCUT2D eigenvalue weighted by atomic mass is 32.2. The fraction of sp³-hybridized carbons (Fsp3) is 0.417. The van der Waals surface area contributed by atoms with Gasteiger partial charge in [0.2, 0.25) is 0 Å². The minimum absolute atomic E-state index is 0.0471. The Hall–Kier alpha value is -1.85. The third-order valence-corrected chi connectivity index (χ3v) is 7.37. The second kappa shape index (κ2) is 9.31. The molecule has 0 fully saturated rings. The summed E-state index contributed by atoms with van der Waals surface area (Å²) >= 11 is 3.53. The lowest BCUT2D eigenvalue weighted by molar-refractivity contribution is -0.145. The molecule has 154 valence electrons. The number of thioether (sulfide) groups is 1. The average molecular weight is 428 g/mol. The molecule has 1 aromatic carbocycles. The zero-order chi connectivity index (χ0) is 21.0. The topological polar surface area (TPSA) is 39.2 Å². The van der Waals surface area contributed by atoms with Gasteiger partial charge in [-0.15, -0.1) is 11.3 Å². The second-order valence-corrected chi connectivity index (χ2v) is 10.6. The van der Waals surface area contributed by atoms with Gasteiger partial charge in [0.1, 0.15) is 6.10 Å². The Morgan fingerprint density at radius 3 is 2.79 bits per heavy atom. The van der Waals surface area contributed by atoms with E-state index in [0.29, 0.717) is 5.92 Å². The Morgan fingerprint density at radius 2 is 2.10 bits per heavy atom. The lowest BCUT2D eigenvalue weighted by atomic mass is 9.67. The third kappa shape index (κ3) is 5.83. The number of fused-ring (bicyclic) bond motifs is 1. The van der Waals surface area contributed by atoms with Crippen molar-refractivity contribution in [1.29, 1.82) is 0 Å². The number of aromatic nitrogens is 1. The van der Waals surface area contributed by atoms with Crippen LogP contribution in [0.3, 0.4) is 0 Å². The number of hydrogen-bond acceptors (Lipinski definition) is 5. The SMILES string of the molecule is CC(=O)O[C@@H]1C=C(C)[C@H](C=CC(C)=CCSc2nc3ccccc3s2)C(C)(C)C1. The van der Waals surface area contributed by atoms with E-state index in [4.69, 9.17) is 4.74 Å². The number of nitrogens with zero attached hydrogens (tertiary/aromatic N) is 1. The number of para-hydroxylation sites is 1. The molecule has 1 aliphatic carbocycles. The summed E-state index contributed by atoms with van der Waals surface area (Å²) in [6.45, 7) is 10.2. The Labute approximate surface area is 182 Å². The summed E-state index contributed by atoms with van der Waals surface area (Å²) in [7, 11) is 0. The van der Waals surface area contributed by atoms with E-state index in [0.717, 1.165) is 22.0 Å². The average Bonchev–Trinajstić information content (AvgIpc) is 3.02. The lowest BCUT2D eigenvalue weighted by Crippen LogP contribution is -2.34. The van der Waals surface area contributed by atoms with Crippen LogP contribution in [0.4, 0.5) is 0 Å². The van der Waals surface area contributed by atoms with Gasteiger partial charge in [-0.3, -0.25) is 4.79 Å². The maximum Gasteiger partial charge on any atom is 0.303 e. The summed E-state index contributed by atoms with van der Waals surface area (Å²) in [5.41, 5.74) is 3.64. The van der Waals surface area contributed by atoms with Crippen LogP contribution in [-0.4, -0.2) is 22.8 Å². The van der Waals surface area contributed by atoms with Gasteiger partial charge < -0.3 is 4.74 Å². The summed E-state index contributed by atoms with van der Waals surface area (Å²) < 4.78 is 7.78. The van der Waals surface area contributed by atoms with Crippen LogP contribution in [0.1, 0.15) is 41.0 Å². The van der Waals surface area contributed by atoms with Crippen molar-refractivity contribution in [3.05, 3.63) is 59.7 Å². The van der Waals surface area contributed by atoms with Crippen LogP contribution < -0.4 is 0 Å². The molecule has 2 atom stereocenters. The summed E-state index contributed by atoms with van der Waals surface area (Å²) in [6.07, 6.45) is 9.59. The Kier molecular flexibility index (Phi) is 7.01. The molecule has 2 aromatic rings. The van der Waals surface area contributed by atoms with E-state index in [-0.39, 0.29) is 17.5 Å². The lowest BCUT2D eigenvalue weighted by Gasteiger charge is -2.39. The van der Waals surface area contributed by atoms with E-state index in [9.17, 15) is 4.79 Å². The predicted molar refractivity (Wildman–Crippen MR) is 124 cm³/mol. The Bertz CT molecular complexity index is 935.